The van der Waals surface area contributed by atoms with E-state index in [1.807, 2.05) is 37.3 Å². The van der Waals surface area contributed by atoms with Crippen LogP contribution in [0.15, 0.2) is 35.2 Å². The summed E-state index contributed by atoms with van der Waals surface area (Å²) in [5, 5.41) is 8.97. The van der Waals surface area contributed by atoms with Crippen LogP contribution in [0, 0.1) is 5.92 Å². The minimum absolute atomic E-state index is 0.0525. The molecule has 1 aliphatic rings. The van der Waals surface area contributed by atoms with Gasteiger partial charge in [0.2, 0.25) is 5.91 Å². The molecule has 1 aromatic carbocycles. The molecule has 3 atom stereocenters. The quantitative estimate of drug-likeness (QED) is 0.557. The number of β-lactam (4-membered cyclic amide) rings is 1. The van der Waals surface area contributed by atoms with E-state index in [1.165, 1.54) is 16.7 Å². The van der Waals surface area contributed by atoms with Crippen molar-refractivity contribution in [3.63, 3.8) is 0 Å². The molecule has 7 heteroatoms. The number of hydrogen-bond acceptors (Lipinski definition) is 4. The minimum atomic E-state index is -2.01. The number of thioether (sulfide) groups is 1. The number of carboxylic acid groups (broad SMARTS) is 1. The van der Waals surface area contributed by atoms with Gasteiger partial charge in [-0.25, -0.2) is 0 Å². The molecule has 1 saturated heterocycles. The normalized spacial score (nSPS) is 22.1. The van der Waals surface area contributed by atoms with Crippen LogP contribution in [0.5, 0.6) is 0 Å². The van der Waals surface area contributed by atoms with Crippen LogP contribution in [-0.4, -0.2) is 48.2 Å². The zero-order valence-corrected chi connectivity index (χ0v) is 18.2. The van der Waals surface area contributed by atoms with Crippen molar-refractivity contribution in [3.8, 4) is 0 Å². The van der Waals surface area contributed by atoms with Crippen LogP contribution >= 0.6 is 11.8 Å². The fraction of sp³-hybridized carbons (Fsp3) is 0.579. The van der Waals surface area contributed by atoms with Crippen molar-refractivity contribution in [1.29, 1.82) is 0 Å². The van der Waals surface area contributed by atoms with Crippen molar-refractivity contribution in [3.05, 3.63) is 30.3 Å². The van der Waals surface area contributed by atoms with Crippen LogP contribution in [0.1, 0.15) is 27.7 Å². The van der Waals surface area contributed by atoms with E-state index < -0.39 is 14.3 Å². The first kappa shape index (κ1) is 21.0. The average molecular weight is 396 g/mol. The van der Waals surface area contributed by atoms with E-state index in [1.54, 1.807) is 0 Å². The molecule has 0 spiro atoms. The molecule has 0 unspecified atom stereocenters. The summed E-state index contributed by atoms with van der Waals surface area (Å²) in [6, 6.07) is 9.77. The van der Waals surface area contributed by atoms with E-state index in [0.717, 1.165) is 4.90 Å². The number of rotatable bonds is 7. The van der Waals surface area contributed by atoms with Gasteiger partial charge in [0.1, 0.15) is 6.54 Å². The van der Waals surface area contributed by atoms with Gasteiger partial charge in [-0.3, -0.25) is 9.59 Å². The van der Waals surface area contributed by atoms with Crippen LogP contribution in [0.3, 0.4) is 0 Å². The summed E-state index contributed by atoms with van der Waals surface area (Å²) >= 11 is 1.53. The van der Waals surface area contributed by atoms with Gasteiger partial charge in [0.05, 0.1) is 17.4 Å². The molecular formula is C19H29NO4SSi. The number of likely N-dealkylation sites (tertiary alicyclic amines) is 1. The summed E-state index contributed by atoms with van der Waals surface area (Å²) in [6.07, 6.45) is -0.241. The third-order valence-electron chi connectivity index (χ3n) is 5.28. The number of benzene rings is 1. The lowest BCUT2D eigenvalue weighted by atomic mass is 9.93. The first-order valence-electron chi connectivity index (χ1n) is 8.86. The number of aliphatic carboxylic acids is 1. The maximum absolute atomic E-state index is 12.7. The van der Waals surface area contributed by atoms with Crippen molar-refractivity contribution < 1.29 is 19.1 Å². The van der Waals surface area contributed by atoms with E-state index in [2.05, 4.69) is 33.9 Å². The molecule has 1 amide bonds. The summed E-state index contributed by atoms with van der Waals surface area (Å²) in [4.78, 5) is 26.3. The van der Waals surface area contributed by atoms with E-state index in [0.29, 0.717) is 0 Å². The van der Waals surface area contributed by atoms with Gasteiger partial charge < -0.3 is 14.4 Å². The number of carbonyl (C=O) groups is 2. The third-order valence-corrected chi connectivity index (χ3v) is 11.2. The highest BCUT2D eigenvalue weighted by atomic mass is 32.2. The summed E-state index contributed by atoms with van der Waals surface area (Å²) < 4.78 is 6.43. The molecule has 1 N–H and O–H groups in total. The Morgan fingerprint density at radius 2 is 1.88 bits per heavy atom. The Bertz CT molecular complexity index is 659. The Morgan fingerprint density at radius 3 is 2.38 bits per heavy atom. The number of nitrogens with zero attached hydrogens (tertiary/aromatic N) is 1. The van der Waals surface area contributed by atoms with Crippen molar-refractivity contribution in [2.75, 3.05) is 6.54 Å². The zero-order chi connectivity index (χ0) is 19.7. The predicted molar refractivity (Wildman–Crippen MR) is 107 cm³/mol. The van der Waals surface area contributed by atoms with Crippen LogP contribution in [0.2, 0.25) is 18.1 Å². The van der Waals surface area contributed by atoms with E-state index in [4.69, 9.17) is 9.53 Å². The molecule has 0 aliphatic carbocycles. The van der Waals surface area contributed by atoms with Crippen molar-refractivity contribution in [2.24, 2.45) is 5.92 Å². The number of carboxylic acids is 1. The van der Waals surface area contributed by atoms with Crippen LogP contribution in [0.4, 0.5) is 0 Å². The number of carbonyl (C=O) groups excluding carboxylic acids is 1. The third kappa shape index (κ3) is 4.50. The van der Waals surface area contributed by atoms with Crippen molar-refractivity contribution in [1.82, 2.24) is 4.90 Å². The van der Waals surface area contributed by atoms with Gasteiger partial charge >= 0.3 is 5.97 Å². The van der Waals surface area contributed by atoms with Crippen LogP contribution in [0.25, 0.3) is 0 Å². The first-order chi connectivity index (χ1) is 11.9. The average Bonchev–Trinajstić information content (AvgIpc) is 2.51. The first-order valence-corrected chi connectivity index (χ1v) is 12.6. The highest BCUT2D eigenvalue weighted by Crippen LogP contribution is 2.44. The standard InChI is InChI=1S/C19H29NO4SSi/c1-13(24-26(5,6)19(2,3)4)16-17(23)20(12-15(21)22)18(16)25-14-10-8-7-9-11-14/h7-11,13,16,18H,12H2,1-6H3,(H,21,22)/t13-,16+,18-/m0/s1. The van der Waals surface area contributed by atoms with Crippen LogP contribution < -0.4 is 0 Å². The molecule has 144 valence electrons. The molecule has 1 fully saturated rings. The highest BCUT2D eigenvalue weighted by molar-refractivity contribution is 8.00. The molecule has 5 nitrogen and oxygen atoms in total. The summed E-state index contributed by atoms with van der Waals surface area (Å²) in [6.45, 7) is 12.5. The number of amides is 1. The molecule has 1 aromatic rings. The predicted octanol–water partition coefficient (Wildman–Crippen LogP) is 4.06. The summed E-state index contributed by atoms with van der Waals surface area (Å²) in [5.41, 5.74) is 0. The Kier molecular flexibility index (Phi) is 6.25. The largest absolute Gasteiger partial charge is 0.480 e. The summed E-state index contributed by atoms with van der Waals surface area (Å²) in [7, 11) is -2.01. The zero-order valence-electron chi connectivity index (χ0n) is 16.4. The molecule has 0 aromatic heterocycles. The van der Waals surface area contributed by atoms with Gasteiger partial charge in [0.25, 0.3) is 0 Å². The molecule has 0 radical (unpaired) electrons. The topological polar surface area (TPSA) is 66.8 Å². The minimum Gasteiger partial charge on any atom is -0.480 e. The van der Waals surface area contributed by atoms with Gasteiger partial charge in [-0.15, -0.1) is 11.8 Å². The van der Waals surface area contributed by atoms with Crippen LogP contribution in [-0.2, 0) is 14.0 Å². The lowest BCUT2D eigenvalue weighted by molar-refractivity contribution is -0.162. The second-order valence-corrected chi connectivity index (χ2v) is 14.2. The molecule has 1 heterocycles. The monoisotopic (exact) mass is 395 g/mol. The number of hydrogen-bond donors (Lipinski definition) is 1. The van der Waals surface area contributed by atoms with Gasteiger partial charge in [-0.2, -0.15) is 0 Å². The lowest BCUT2D eigenvalue weighted by Crippen LogP contribution is -2.65. The van der Waals surface area contributed by atoms with E-state index in [9.17, 15) is 9.59 Å². The van der Waals surface area contributed by atoms with Crippen molar-refractivity contribution in [2.45, 2.75) is 62.2 Å². The maximum atomic E-state index is 12.7. The Labute approximate surface area is 161 Å². The Hall–Kier alpha value is -1.31. The van der Waals surface area contributed by atoms with E-state index >= 15 is 0 Å². The Balaban J connectivity index is 2.19. The molecule has 0 saturated carbocycles. The van der Waals surface area contributed by atoms with Gasteiger partial charge in [-0.05, 0) is 37.2 Å². The summed E-state index contributed by atoms with van der Waals surface area (Å²) in [5.74, 6) is -1.45. The molecule has 26 heavy (non-hydrogen) atoms. The molecule has 2 rings (SSSR count). The lowest BCUT2D eigenvalue weighted by Gasteiger charge is -2.50. The van der Waals surface area contributed by atoms with Gasteiger partial charge in [-0.1, -0.05) is 39.0 Å². The smallest absolute Gasteiger partial charge is 0.323 e. The molecule has 1 aliphatic heterocycles. The Morgan fingerprint density at radius 1 is 1.31 bits per heavy atom. The maximum Gasteiger partial charge on any atom is 0.323 e. The molecular weight excluding hydrogens is 366 g/mol. The molecule has 0 bridgehead atoms. The van der Waals surface area contributed by atoms with Crippen molar-refractivity contribution >= 4 is 32.0 Å². The fourth-order valence-electron chi connectivity index (χ4n) is 2.79. The second kappa shape index (κ2) is 7.74. The second-order valence-electron chi connectivity index (χ2n) is 8.29. The SMILES string of the molecule is C[C@H](O[Si](C)(C)C(C)(C)C)[C@@H]1C(=O)N(CC(=O)O)[C@H]1Sc1ccccc1. The van der Waals surface area contributed by atoms with Gasteiger partial charge in [0, 0.05) is 4.90 Å². The fourth-order valence-corrected chi connectivity index (χ4v) is 5.60. The van der Waals surface area contributed by atoms with Gasteiger partial charge in [0.15, 0.2) is 8.32 Å². The highest BCUT2D eigenvalue weighted by Gasteiger charge is 2.53. The van der Waals surface area contributed by atoms with E-state index in [-0.39, 0.29) is 34.9 Å².